The summed E-state index contributed by atoms with van der Waals surface area (Å²) in [5.74, 6) is 0. The van der Waals surface area contributed by atoms with E-state index in [4.69, 9.17) is 10.5 Å². The Balaban J connectivity index is 0.000000817. The van der Waals surface area contributed by atoms with Gasteiger partial charge in [-0.1, -0.05) is 6.08 Å². The minimum absolute atomic E-state index is 0.0182. The molecule has 0 spiro atoms. The Morgan fingerprint density at radius 2 is 2.30 bits per heavy atom. The zero-order valence-electron chi connectivity index (χ0n) is 16.4. The van der Waals surface area contributed by atoms with Crippen molar-refractivity contribution >= 4 is 17.0 Å². The van der Waals surface area contributed by atoms with Gasteiger partial charge >= 0.3 is 0 Å². The van der Waals surface area contributed by atoms with Crippen LogP contribution in [0.4, 0.5) is 0 Å². The number of aliphatic imine (C=N–C) groups is 1. The molecular formula is C20H28N4O2S. The van der Waals surface area contributed by atoms with Gasteiger partial charge in [0.1, 0.15) is 5.01 Å². The first-order chi connectivity index (χ1) is 12.9. The van der Waals surface area contributed by atoms with E-state index >= 15 is 0 Å². The lowest BCUT2D eigenvalue weighted by Gasteiger charge is -2.20. The predicted molar refractivity (Wildman–Crippen MR) is 113 cm³/mol. The molecule has 2 atom stereocenters. The lowest BCUT2D eigenvalue weighted by molar-refractivity contribution is 0.185. The van der Waals surface area contributed by atoms with E-state index in [0.717, 1.165) is 28.4 Å². The molecule has 2 aromatic rings. The number of rotatable bonds is 4. The fourth-order valence-corrected chi connectivity index (χ4v) is 3.78. The molecule has 1 aliphatic heterocycles. The maximum Gasteiger partial charge on any atom is 0.261 e. The molecule has 2 N–H and O–H groups in total. The molecule has 7 heteroatoms. The first-order valence-corrected chi connectivity index (χ1v) is 9.89. The lowest BCUT2D eigenvalue weighted by Crippen LogP contribution is -2.30. The highest BCUT2D eigenvalue weighted by molar-refractivity contribution is 7.13. The van der Waals surface area contributed by atoms with E-state index in [9.17, 15) is 4.79 Å². The Labute approximate surface area is 164 Å². The second-order valence-corrected chi connectivity index (χ2v) is 7.34. The summed E-state index contributed by atoms with van der Waals surface area (Å²) in [6.45, 7) is 12.2. The molecule has 1 aliphatic rings. The van der Waals surface area contributed by atoms with Crippen molar-refractivity contribution in [2.45, 2.75) is 46.3 Å². The van der Waals surface area contributed by atoms with Crippen molar-refractivity contribution in [2.75, 3.05) is 13.2 Å². The minimum Gasteiger partial charge on any atom is -0.379 e. The number of ether oxygens (including phenoxy) is 1. The summed E-state index contributed by atoms with van der Waals surface area (Å²) in [6, 6.07) is 1.95. The van der Waals surface area contributed by atoms with Crippen molar-refractivity contribution in [1.29, 1.82) is 0 Å². The zero-order valence-corrected chi connectivity index (χ0v) is 17.3. The number of nitrogens with two attached hydrogens (primary N) is 1. The van der Waals surface area contributed by atoms with Gasteiger partial charge < -0.3 is 15.0 Å². The standard InChI is InChI=1S/C17H22N4O2S.C3H6/c1-10(20-12(3)18)14-8-15(16-19-5-7-24-16)17(22)21(11(14)2)13-4-6-23-9-13;1-3-2/h5,7-8,12-13H,4,6,9,18H2,1-3H3;3H,1H2,2H3/b20-10-;. The van der Waals surface area contributed by atoms with Gasteiger partial charge in [0, 0.05) is 35.2 Å². The van der Waals surface area contributed by atoms with Crippen LogP contribution in [-0.4, -0.2) is 34.6 Å². The summed E-state index contributed by atoms with van der Waals surface area (Å²) < 4.78 is 7.34. The fourth-order valence-electron chi connectivity index (χ4n) is 3.14. The van der Waals surface area contributed by atoms with Gasteiger partial charge in [0.25, 0.3) is 5.56 Å². The molecule has 0 bridgehead atoms. The van der Waals surface area contributed by atoms with Gasteiger partial charge in [-0.3, -0.25) is 9.79 Å². The van der Waals surface area contributed by atoms with Gasteiger partial charge in [-0.2, -0.15) is 0 Å². The van der Waals surface area contributed by atoms with E-state index < -0.39 is 0 Å². The topological polar surface area (TPSA) is 82.5 Å². The third kappa shape index (κ3) is 5.00. The fraction of sp³-hybridized carbons (Fsp3) is 0.450. The van der Waals surface area contributed by atoms with E-state index in [1.54, 1.807) is 12.3 Å². The van der Waals surface area contributed by atoms with E-state index in [1.807, 2.05) is 43.7 Å². The van der Waals surface area contributed by atoms with Gasteiger partial charge in [-0.15, -0.1) is 17.9 Å². The Bertz CT molecular complexity index is 848. The number of hydrogen-bond donors (Lipinski definition) is 1. The minimum atomic E-state index is -0.289. The molecule has 1 saturated heterocycles. The average molecular weight is 389 g/mol. The smallest absolute Gasteiger partial charge is 0.261 e. The van der Waals surface area contributed by atoms with Crippen molar-refractivity contribution in [3.8, 4) is 10.6 Å². The maximum atomic E-state index is 13.1. The van der Waals surface area contributed by atoms with E-state index in [-0.39, 0.29) is 17.8 Å². The van der Waals surface area contributed by atoms with Crippen LogP contribution in [-0.2, 0) is 4.74 Å². The van der Waals surface area contributed by atoms with Crippen molar-refractivity contribution < 1.29 is 4.74 Å². The zero-order chi connectivity index (χ0) is 20.0. The van der Waals surface area contributed by atoms with Crippen LogP contribution in [0.1, 0.15) is 44.5 Å². The third-order valence-corrected chi connectivity index (χ3v) is 5.02. The average Bonchev–Trinajstić information content (AvgIpc) is 3.29. The predicted octanol–water partition coefficient (Wildman–Crippen LogP) is 3.55. The SMILES string of the molecule is C/C(=N/C(C)N)c1cc(-c2nccs2)c(=O)n(C2CCOC2)c1C.C=CC. The van der Waals surface area contributed by atoms with Gasteiger partial charge in [0.05, 0.1) is 24.4 Å². The Morgan fingerprint density at radius 3 is 2.81 bits per heavy atom. The number of hydrogen-bond acceptors (Lipinski definition) is 6. The molecule has 2 unspecified atom stereocenters. The van der Waals surface area contributed by atoms with Crippen LogP contribution in [0.2, 0.25) is 0 Å². The van der Waals surface area contributed by atoms with Crippen molar-refractivity contribution in [3.63, 3.8) is 0 Å². The summed E-state index contributed by atoms with van der Waals surface area (Å²) in [5, 5.41) is 2.60. The molecule has 1 fully saturated rings. The molecular weight excluding hydrogens is 360 g/mol. The maximum absolute atomic E-state index is 13.1. The molecule has 6 nitrogen and oxygen atoms in total. The van der Waals surface area contributed by atoms with E-state index in [1.165, 1.54) is 11.3 Å². The summed E-state index contributed by atoms with van der Waals surface area (Å²) >= 11 is 1.46. The molecule has 146 valence electrons. The second kappa shape index (κ2) is 9.73. The number of allylic oxidation sites excluding steroid dienone is 1. The van der Waals surface area contributed by atoms with Crippen molar-refractivity contribution in [1.82, 2.24) is 9.55 Å². The molecule has 2 aromatic heterocycles. The van der Waals surface area contributed by atoms with Crippen LogP contribution in [0.3, 0.4) is 0 Å². The lowest BCUT2D eigenvalue weighted by atomic mass is 10.0. The number of aromatic nitrogens is 2. The van der Waals surface area contributed by atoms with Crippen LogP contribution in [0, 0.1) is 6.92 Å². The highest BCUT2D eigenvalue weighted by Gasteiger charge is 2.24. The molecule has 0 aliphatic carbocycles. The van der Waals surface area contributed by atoms with Gasteiger partial charge in [-0.05, 0) is 40.2 Å². The molecule has 0 saturated carbocycles. The summed E-state index contributed by atoms with van der Waals surface area (Å²) in [6.07, 6.45) is 4.01. The van der Waals surface area contributed by atoms with Crippen molar-refractivity contribution in [2.24, 2.45) is 10.7 Å². The van der Waals surface area contributed by atoms with Crippen LogP contribution >= 0.6 is 11.3 Å². The summed E-state index contributed by atoms with van der Waals surface area (Å²) in [5.41, 5.74) is 9.07. The van der Waals surface area contributed by atoms with Gasteiger partial charge in [-0.25, -0.2) is 4.98 Å². The molecule has 0 aromatic carbocycles. The van der Waals surface area contributed by atoms with Crippen molar-refractivity contribution in [3.05, 3.63) is 51.9 Å². The Hall–Kier alpha value is -2.09. The number of thiazole rings is 1. The Morgan fingerprint density at radius 1 is 1.59 bits per heavy atom. The summed E-state index contributed by atoms with van der Waals surface area (Å²) in [4.78, 5) is 21.9. The monoisotopic (exact) mass is 388 g/mol. The second-order valence-electron chi connectivity index (χ2n) is 6.45. The highest BCUT2D eigenvalue weighted by Crippen LogP contribution is 2.26. The van der Waals surface area contributed by atoms with Gasteiger partial charge in [0.15, 0.2) is 0 Å². The first-order valence-electron chi connectivity index (χ1n) is 9.01. The van der Waals surface area contributed by atoms with Gasteiger partial charge in [0.2, 0.25) is 0 Å². The normalized spacial score (nSPS) is 18.0. The third-order valence-electron chi connectivity index (χ3n) is 4.21. The van der Waals surface area contributed by atoms with E-state index in [0.29, 0.717) is 18.8 Å². The molecule has 27 heavy (non-hydrogen) atoms. The molecule has 3 heterocycles. The molecule has 0 amide bonds. The number of pyridine rings is 1. The quantitative estimate of drug-likeness (QED) is 0.641. The Kier molecular flexibility index (Phi) is 7.65. The van der Waals surface area contributed by atoms with Crippen LogP contribution in [0.5, 0.6) is 0 Å². The van der Waals surface area contributed by atoms with E-state index in [2.05, 4.69) is 16.6 Å². The molecule has 3 rings (SSSR count). The van der Waals surface area contributed by atoms with Crippen LogP contribution < -0.4 is 11.3 Å². The largest absolute Gasteiger partial charge is 0.379 e. The molecule has 0 radical (unpaired) electrons. The highest BCUT2D eigenvalue weighted by atomic mass is 32.1. The van der Waals surface area contributed by atoms with Crippen LogP contribution in [0.25, 0.3) is 10.6 Å². The summed E-state index contributed by atoms with van der Waals surface area (Å²) in [7, 11) is 0. The first kappa shape index (κ1) is 21.2. The van der Waals surface area contributed by atoms with Crippen LogP contribution in [0.15, 0.2) is 40.1 Å². The number of nitrogens with zero attached hydrogens (tertiary/aromatic N) is 3.